The Labute approximate surface area is 148 Å². The number of halogens is 2. The van der Waals surface area contributed by atoms with E-state index >= 15 is 0 Å². The van der Waals surface area contributed by atoms with Gasteiger partial charge in [-0.25, -0.2) is 14.4 Å². The highest BCUT2D eigenvalue weighted by Crippen LogP contribution is 2.14. The molecule has 0 aliphatic rings. The smallest absolute Gasteiger partial charge is 0.258 e. The largest absolute Gasteiger partial charge is 0.350 e. The van der Waals surface area contributed by atoms with E-state index < -0.39 is 0 Å². The molecule has 25 heavy (non-hydrogen) atoms. The van der Waals surface area contributed by atoms with Crippen LogP contribution in [0.15, 0.2) is 60.9 Å². The Balaban J connectivity index is 1.58. The van der Waals surface area contributed by atoms with E-state index in [4.69, 9.17) is 11.6 Å². The van der Waals surface area contributed by atoms with E-state index in [2.05, 4.69) is 20.6 Å². The number of carbonyl (C=O) groups excluding carboxylic acids is 1. The number of anilines is 2. The second-order valence-corrected chi connectivity index (χ2v) is 5.67. The Morgan fingerprint density at radius 2 is 1.64 bits per heavy atom. The van der Waals surface area contributed by atoms with Gasteiger partial charge >= 0.3 is 0 Å². The molecule has 7 heteroatoms. The molecule has 1 amide bonds. The molecule has 1 aromatic heterocycles. The SMILES string of the molecule is O=C(Nc1ccc(Cl)cc1)c1cnc(NCc2ccc(F)cc2)nc1. The lowest BCUT2D eigenvalue weighted by atomic mass is 10.2. The van der Waals surface area contributed by atoms with Gasteiger partial charge in [-0.05, 0) is 42.0 Å². The normalized spacial score (nSPS) is 10.3. The molecule has 0 saturated carbocycles. The molecule has 0 bridgehead atoms. The lowest BCUT2D eigenvalue weighted by Crippen LogP contribution is -2.13. The Bertz CT molecular complexity index is 852. The summed E-state index contributed by atoms with van der Waals surface area (Å²) in [5, 5.41) is 6.34. The summed E-state index contributed by atoms with van der Waals surface area (Å²) in [6.45, 7) is 0.455. The third-order valence-corrected chi connectivity index (χ3v) is 3.63. The van der Waals surface area contributed by atoms with Crippen LogP contribution in [0.5, 0.6) is 0 Å². The molecule has 3 aromatic rings. The number of hydrogen-bond acceptors (Lipinski definition) is 4. The number of benzene rings is 2. The zero-order valence-corrected chi connectivity index (χ0v) is 13.8. The van der Waals surface area contributed by atoms with Crippen molar-refractivity contribution in [1.29, 1.82) is 0 Å². The number of amides is 1. The first-order valence-electron chi connectivity index (χ1n) is 7.47. The van der Waals surface area contributed by atoms with Gasteiger partial charge in [0.2, 0.25) is 5.95 Å². The van der Waals surface area contributed by atoms with Gasteiger partial charge in [-0.15, -0.1) is 0 Å². The van der Waals surface area contributed by atoms with Gasteiger partial charge in [-0.1, -0.05) is 23.7 Å². The monoisotopic (exact) mass is 356 g/mol. The average Bonchev–Trinajstić information content (AvgIpc) is 2.63. The molecule has 0 radical (unpaired) electrons. The van der Waals surface area contributed by atoms with E-state index in [1.807, 2.05) is 0 Å². The molecular formula is C18H14ClFN4O. The molecule has 0 atom stereocenters. The van der Waals surface area contributed by atoms with Crippen LogP contribution in [0.3, 0.4) is 0 Å². The first-order chi connectivity index (χ1) is 12.1. The summed E-state index contributed by atoms with van der Waals surface area (Å²) in [6.07, 6.45) is 2.87. The van der Waals surface area contributed by atoms with Crippen molar-refractivity contribution >= 4 is 29.1 Å². The quantitative estimate of drug-likeness (QED) is 0.721. The fourth-order valence-electron chi connectivity index (χ4n) is 2.06. The van der Waals surface area contributed by atoms with Crippen molar-refractivity contribution in [3.8, 4) is 0 Å². The van der Waals surface area contributed by atoms with E-state index in [0.29, 0.717) is 28.8 Å². The topological polar surface area (TPSA) is 66.9 Å². The van der Waals surface area contributed by atoms with Crippen molar-refractivity contribution in [2.75, 3.05) is 10.6 Å². The number of nitrogens with zero attached hydrogens (tertiary/aromatic N) is 2. The van der Waals surface area contributed by atoms with Crippen molar-refractivity contribution in [1.82, 2.24) is 9.97 Å². The second kappa shape index (κ2) is 7.72. The maximum Gasteiger partial charge on any atom is 0.258 e. The van der Waals surface area contributed by atoms with Crippen molar-refractivity contribution in [2.45, 2.75) is 6.54 Å². The van der Waals surface area contributed by atoms with Crippen LogP contribution in [0.2, 0.25) is 5.02 Å². The van der Waals surface area contributed by atoms with E-state index in [9.17, 15) is 9.18 Å². The van der Waals surface area contributed by atoms with E-state index in [1.165, 1.54) is 24.5 Å². The average molecular weight is 357 g/mol. The highest BCUT2D eigenvalue weighted by molar-refractivity contribution is 6.30. The van der Waals surface area contributed by atoms with Crippen molar-refractivity contribution < 1.29 is 9.18 Å². The molecule has 0 unspecified atom stereocenters. The predicted molar refractivity (Wildman–Crippen MR) is 95.2 cm³/mol. The fourth-order valence-corrected chi connectivity index (χ4v) is 2.18. The second-order valence-electron chi connectivity index (χ2n) is 5.24. The standard InChI is InChI=1S/C18H14ClFN4O/c19-14-3-7-16(8-4-14)24-17(25)13-10-22-18(23-11-13)21-9-12-1-5-15(20)6-2-12/h1-8,10-11H,9H2,(H,24,25)(H,21,22,23). The summed E-state index contributed by atoms with van der Waals surface area (Å²) >= 11 is 5.81. The number of carbonyl (C=O) groups is 1. The van der Waals surface area contributed by atoms with E-state index in [-0.39, 0.29) is 11.7 Å². The summed E-state index contributed by atoms with van der Waals surface area (Å²) in [5.41, 5.74) is 1.87. The molecule has 3 rings (SSSR count). The van der Waals surface area contributed by atoms with Crippen LogP contribution in [0.25, 0.3) is 0 Å². The van der Waals surface area contributed by atoms with Crippen LogP contribution in [0, 0.1) is 5.82 Å². The summed E-state index contributed by atoms with van der Waals surface area (Å²) in [6, 6.07) is 12.9. The van der Waals surface area contributed by atoms with Gasteiger partial charge in [0, 0.05) is 29.6 Å². The van der Waals surface area contributed by atoms with Gasteiger partial charge in [-0.2, -0.15) is 0 Å². The first-order valence-corrected chi connectivity index (χ1v) is 7.85. The van der Waals surface area contributed by atoms with Crippen LogP contribution in [-0.4, -0.2) is 15.9 Å². The van der Waals surface area contributed by atoms with Crippen LogP contribution in [0.4, 0.5) is 16.0 Å². The van der Waals surface area contributed by atoms with Gasteiger partial charge in [0.25, 0.3) is 5.91 Å². The minimum Gasteiger partial charge on any atom is -0.350 e. The van der Waals surface area contributed by atoms with Crippen LogP contribution >= 0.6 is 11.6 Å². The van der Waals surface area contributed by atoms with Crippen molar-refractivity contribution in [3.63, 3.8) is 0 Å². The van der Waals surface area contributed by atoms with Gasteiger partial charge < -0.3 is 10.6 Å². The minimum atomic E-state index is -0.313. The Hall–Kier alpha value is -2.99. The summed E-state index contributed by atoms with van der Waals surface area (Å²) in [5.74, 6) is -0.212. The highest BCUT2D eigenvalue weighted by atomic mass is 35.5. The van der Waals surface area contributed by atoms with Crippen LogP contribution in [0.1, 0.15) is 15.9 Å². The summed E-state index contributed by atoms with van der Waals surface area (Å²) < 4.78 is 12.9. The molecule has 2 N–H and O–H groups in total. The van der Waals surface area contributed by atoms with Crippen molar-refractivity contribution in [2.24, 2.45) is 0 Å². The number of rotatable bonds is 5. The lowest BCUT2D eigenvalue weighted by molar-refractivity contribution is 0.102. The van der Waals surface area contributed by atoms with Gasteiger partial charge in [-0.3, -0.25) is 4.79 Å². The third kappa shape index (κ3) is 4.74. The highest BCUT2D eigenvalue weighted by Gasteiger charge is 2.08. The number of aromatic nitrogens is 2. The molecule has 126 valence electrons. The Morgan fingerprint density at radius 3 is 2.28 bits per heavy atom. The summed E-state index contributed by atoms with van der Waals surface area (Å²) in [7, 11) is 0. The molecule has 0 fully saturated rings. The molecule has 2 aromatic carbocycles. The Morgan fingerprint density at radius 1 is 1.00 bits per heavy atom. The lowest BCUT2D eigenvalue weighted by Gasteiger charge is -2.07. The summed E-state index contributed by atoms with van der Waals surface area (Å²) in [4.78, 5) is 20.4. The molecular weight excluding hydrogens is 343 g/mol. The van der Waals surface area contributed by atoms with E-state index in [1.54, 1.807) is 36.4 Å². The van der Waals surface area contributed by atoms with Crippen molar-refractivity contribution in [3.05, 3.63) is 82.9 Å². The zero-order chi connectivity index (χ0) is 17.6. The molecule has 0 spiro atoms. The third-order valence-electron chi connectivity index (χ3n) is 3.38. The fraction of sp³-hybridized carbons (Fsp3) is 0.0556. The Kier molecular flexibility index (Phi) is 5.20. The molecule has 1 heterocycles. The van der Waals surface area contributed by atoms with Crippen LogP contribution in [-0.2, 0) is 6.54 Å². The zero-order valence-electron chi connectivity index (χ0n) is 13.0. The predicted octanol–water partition coefficient (Wildman–Crippen LogP) is 4.13. The molecule has 0 saturated heterocycles. The molecule has 0 aliphatic carbocycles. The maximum absolute atomic E-state index is 12.9. The van der Waals surface area contributed by atoms with E-state index in [0.717, 1.165) is 5.56 Å². The van der Waals surface area contributed by atoms with Gasteiger partial charge in [0.1, 0.15) is 5.82 Å². The minimum absolute atomic E-state index is 0.281. The number of hydrogen-bond donors (Lipinski definition) is 2. The van der Waals surface area contributed by atoms with Gasteiger partial charge in [0.15, 0.2) is 0 Å². The molecule has 5 nitrogen and oxygen atoms in total. The maximum atomic E-state index is 12.9. The van der Waals surface area contributed by atoms with Crippen LogP contribution < -0.4 is 10.6 Å². The number of nitrogens with one attached hydrogen (secondary N) is 2. The van der Waals surface area contributed by atoms with Gasteiger partial charge in [0.05, 0.1) is 5.56 Å². The molecule has 0 aliphatic heterocycles. The first kappa shape index (κ1) is 16.9.